The van der Waals surface area contributed by atoms with Gasteiger partial charge in [0.05, 0.1) is 0 Å². The van der Waals surface area contributed by atoms with Crippen LogP contribution in [0.1, 0.15) is 19.1 Å². The maximum atomic E-state index is 11.8. The van der Waals surface area contributed by atoms with E-state index in [1.807, 2.05) is 0 Å². The van der Waals surface area contributed by atoms with Crippen LogP contribution < -0.4 is 11.2 Å². The van der Waals surface area contributed by atoms with Crippen LogP contribution in [0.4, 0.5) is 0 Å². The summed E-state index contributed by atoms with van der Waals surface area (Å²) in [6.07, 6.45) is 1.27. The van der Waals surface area contributed by atoms with E-state index in [1.54, 1.807) is 12.3 Å². The minimum atomic E-state index is -0.840. The average molecular weight is 249 g/mol. The first-order valence-electron chi connectivity index (χ1n) is 5.59. The van der Waals surface area contributed by atoms with Crippen LogP contribution in [0.15, 0.2) is 27.9 Å². The molecule has 0 aliphatic carbocycles. The number of nitrogens with one attached hydrogen (secondary N) is 1. The largest absolute Gasteiger partial charge is 0.368 e. The fourth-order valence-corrected chi connectivity index (χ4v) is 2.04. The van der Waals surface area contributed by atoms with Crippen LogP contribution in [-0.4, -0.2) is 25.9 Å². The first-order chi connectivity index (χ1) is 8.63. The number of aliphatic hydroxyl groups excluding tert-OH is 1. The molecular formula is C11H11N3O4. The Balaban J connectivity index is 2.13. The number of rotatable bonds is 1. The van der Waals surface area contributed by atoms with E-state index in [4.69, 9.17) is 4.74 Å². The van der Waals surface area contributed by atoms with Crippen molar-refractivity contribution >= 4 is 11.0 Å². The molecule has 3 heterocycles. The monoisotopic (exact) mass is 249 g/mol. The lowest BCUT2D eigenvalue weighted by Gasteiger charge is -2.13. The van der Waals surface area contributed by atoms with Gasteiger partial charge < -0.3 is 14.8 Å². The maximum Gasteiger partial charge on any atom is 0.351 e. The topological polar surface area (TPSA) is 97.2 Å². The number of fused-ring (bicyclic) bond motifs is 1. The fourth-order valence-electron chi connectivity index (χ4n) is 2.04. The zero-order valence-corrected chi connectivity index (χ0v) is 9.37. The number of aliphatic hydroxyl groups is 1. The number of aromatic amines is 1. The average Bonchev–Trinajstić information content (AvgIpc) is 2.74. The standard InChI is InChI=1S/C11H11N3O4/c15-7-2-1-6-5-14(8-3-4-9(16)18-8)11(17)13-10(6)12-7/h1-2,5,8-9,16H,3-4H2,(H,12,13,15,17)/t8-,9?/m1/s1. The summed E-state index contributed by atoms with van der Waals surface area (Å²) in [6, 6.07) is 2.95. The molecule has 94 valence electrons. The predicted molar refractivity (Wildman–Crippen MR) is 62.0 cm³/mol. The minimum Gasteiger partial charge on any atom is -0.368 e. The highest BCUT2D eigenvalue weighted by molar-refractivity contribution is 5.72. The van der Waals surface area contributed by atoms with Crippen molar-refractivity contribution in [3.8, 4) is 0 Å². The second kappa shape index (κ2) is 4.04. The van der Waals surface area contributed by atoms with Gasteiger partial charge in [0.1, 0.15) is 11.9 Å². The van der Waals surface area contributed by atoms with Gasteiger partial charge in [0, 0.05) is 24.1 Å². The molecule has 1 unspecified atom stereocenters. The smallest absolute Gasteiger partial charge is 0.351 e. The van der Waals surface area contributed by atoms with E-state index in [2.05, 4.69) is 9.97 Å². The Kier molecular flexibility index (Phi) is 2.49. The van der Waals surface area contributed by atoms with Crippen molar-refractivity contribution in [2.75, 3.05) is 0 Å². The molecule has 0 aromatic carbocycles. The van der Waals surface area contributed by atoms with Crippen LogP contribution in [0.5, 0.6) is 0 Å². The van der Waals surface area contributed by atoms with Gasteiger partial charge in [0.2, 0.25) is 5.56 Å². The Hall–Kier alpha value is -1.99. The van der Waals surface area contributed by atoms with Gasteiger partial charge in [-0.25, -0.2) is 4.79 Å². The number of hydrogen-bond acceptors (Lipinski definition) is 5. The van der Waals surface area contributed by atoms with Crippen molar-refractivity contribution in [2.45, 2.75) is 25.4 Å². The number of aromatic nitrogens is 3. The van der Waals surface area contributed by atoms with Gasteiger partial charge in [-0.05, 0) is 12.5 Å². The lowest BCUT2D eigenvalue weighted by molar-refractivity contribution is -0.113. The molecule has 1 saturated heterocycles. The molecule has 18 heavy (non-hydrogen) atoms. The van der Waals surface area contributed by atoms with Gasteiger partial charge in [-0.3, -0.25) is 9.36 Å². The summed E-state index contributed by atoms with van der Waals surface area (Å²) in [5.41, 5.74) is -0.564. The predicted octanol–water partition coefficient (Wildman–Crippen LogP) is -0.288. The van der Waals surface area contributed by atoms with Gasteiger partial charge in [0.15, 0.2) is 6.29 Å². The van der Waals surface area contributed by atoms with Crippen LogP contribution in [0.3, 0.4) is 0 Å². The first kappa shape index (κ1) is 11.1. The molecule has 1 aliphatic rings. The van der Waals surface area contributed by atoms with Crippen molar-refractivity contribution in [3.63, 3.8) is 0 Å². The lowest BCUT2D eigenvalue weighted by atomic mass is 10.3. The molecule has 7 nitrogen and oxygen atoms in total. The van der Waals surface area contributed by atoms with Crippen molar-refractivity contribution in [1.82, 2.24) is 14.5 Å². The van der Waals surface area contributed by atoms with E-state index in [0.717, 1.165) is 0 Å². The SMILES string of the molecule is O=c1ccc2cn([C@H]3CCC(O)O3)c(=O)nc2[nH]1. The molecule has 1 fully saturated rings. The van der Waals surface area contributed by atoms with Crippen LogP contribution in [0, 0.1) is 0 Å². The van der Waals surface area contributed by atoms with E-state index >= 15 is 0 Å². The summed E-state index contributed by atoms with van der Waals surface area (Å²) < 4.78 is 6.54. The Labute approximate surface area is 101 Å². The van der Waals surface area contributed by atoms with E-state index in [0.29, 0.717) is 18.2 Å². The fraction of sp³-hybridized carbons (Fsp3) is 0.364. The molecule has 2 aromatic heterocycles. The molecule has 0 saturated carbocycles. The Morgan fingerprint density at radius 3 is 2.94 bits per heavy atom. The third-order valence-electron chi connectivity index (χ3n) is 2.92. The zero-order valence-electron chi connectivity index (χ0n) is 9.37. The van der Waals surface area contributed by atoms with Crippen LogP contribution in [0.25, 0.3) is 11.0 Å². The number of hydrogen-bond donors (Lipinski definition) is 2. The highest BCUT2D eigenvalue weighted by Crippen LogP contribution is 2.25. The van der Waals surface area contributed by atoms with Crippen LogP contribution in [-0.2, 0) is 4.74 Å². The van der Waals surface area contributed by atoms with E-state index in [1.165, 1.54) is 10.6 Å². The van der Waals surface area contributed by atoms with Gasteiger partial charge in [-0.2, -0.15) is 4.98 Å². The number of pyridine rings is 1. The Morgan fingerprint density at radius 2 is 2.22 bits per heavy atom. The zero-order chi connectivity index (χ0) is 12.7. The Bertz CT molecular complexity index is 705. The van der Waals surface area contributed by atoms with Gasteiger partial charge >= 0.3 is 5.69 Å². The molecule has 0 spiro atoms. The quantitative estimate of drug-likeness (QED) is 0.724. The second-order valence-corrected chi connectivity index (χ2v) is 4.18. The van der Waals surface area contributed by atoms with Crippen LogP contribution in [0.2, 0.25) is 0 Å². The molecule has 3 rings (SSSR count). The van der Waals surface area contributed by atoms with Crippen molar-refractivity contribution in [2.24, 2.45) is 0 Å². The molecule has 0 radical (unpaired) electrons. The summed E-state index contributed by atoms with van der Waals surface area (Å²) in [5.74, 6) is 0. The third kappa shape index (κ3) is 1.83. The number of nitrogens with zero attached hydrogens (tertiary/aromatic N) is 2. The van der Waals surface area contributed by atoms with Crippen molar-refractivity contribution in [3.05, 3.63) is 39.2 Å². The number of H-pyrrole nitrogens is 1. The molecule has 2 aromatic rings. The van der Waals surface area contributed by atoms with E-state index in [-0.39, 0.29) is 11.2 Å². The summed E-state index contributed by atoms with van der Waals surface area (Å²) >= 11 is 0. The van der Waals surface area contributed by atoms with Gasteiger partial charge in [0.25, 0.3) is 0 Å². The summed E-state index contributed by atoms with van der Waals surface area (Å²) in [5, 5.41) is 9.93. The van der Waals surface area contributed by atoms with Gasteiger partial charge in [-0.1, -0.05) is 0 Å². The normalized spacial score (nSPS) is 23.6. The Morgan fingerprint density at radius 1 is 1.39 bits per heavy atom. The third-order valence-corrected chi connectivity index (χ3v) is 2.92. The molecule has 2 atom stereocenters. The summed E-state index contributed by atoms with van der Waals surface area (Å²) in [7, 11) is 0. The molecule has 0 amide bonds. The molecule has 0 bridgehead atoms. The highest BCUT2D eigenvalue weighted by Gasteiger charge is 2.25. The maximum absolute atomic E-state index is 11.8. The lowest BCUT2D eigenvalue weighted by Crippen LogP contribution is -2.27. The number of ether oxygens (including phenoxy) is 1. The first-order valence-corrected chi connectivity index (χ1v) is 5.59. The molecule has 7 heteroatoms. The van der Waals surface area contributed by atoms with Gasteiger partial charge in [-0.15, -0.1) is 0 Å². The van der Waals surface area contributed by atoms with Crippen LogP contribution >= 0.6 is 0 Å². The van der Waals surface area contributed by atoms with Crippen molar-refractivity contribution in [1.29, 1.82) is 0 Å². The van der Waals surface area contributed by atoms with E-state index < -0.39 is 18.2 Å². The van der Waals surface area contributed by atoms with Crippen molar-refractivity contribution < 1.29 is 9.84 Å². The summed E-state index contributed by atoms with van der Waals surface area (Å²) in [6.45, 7) is 0. The molecular weight excluding hydrogens is 238 g/mol. The molecule has 1 aliphatic heterocycles. The highest BCUT2D eigenvalue weighted by atomic mass is 16.6. The molecule has 2 N–H and O–H groups in total. The second-order valence-electron chi connectivity index (χ2n) is 4.18. The van der Waals surface area contributed by atoms with E-state index in [9.17, 15) is 14.7 Å². The minimum absolute atomic E-state index is 0.252. The summed E-state index contributed by atoms with van der Waals surface area (Å²) in [4.78, 5) is 29.2.